The highest BCUT2D eigenvalue weighted by Gasteiger charge is 2.45. The number of aliphatic hydroxyl groups excluding tert-OH is 2. The number of nitrogens with zero attached hydrogens (tertiary/aromatic N) is 2. The van der Waals surface area contributed by atoms with Gasteiger partial charge >= 0.3 is 23.6 Å². The molecule has 0 amide bonds. The zero-order valence-corrected chi connectivity index (χ0v) is 17.4. The fourth-order valence-corrected chi connectivity index (χ4v) is 3.14. The summed E-state index contributed by atoms with van der Waals surface area (Å²) in [6.07, 6.45) is -2.35. The predicted octanol–water partition coefficient (Wildman–Crippen LogP) is -3.39. The van der Waals surface area contributed by atoms with Gasteiger partial charge in [0.25, 0.3) is 0 Å². The average Bonchev–Trinajstić information content (AvgIpc) is 3.37. The SMILES string of the molecule is N[C@@H](CC(=O)O)C(=O)O.Nc1ccn([C@@H]2O[C@H](COC(=O)C3CCCN3)[C@@H](O)[C@@H]2O)c(=O)n1. The summed E-state index contributed by atoms with van der Waals surface area (Å²) in [5, 5.41) is 39.2. The summed E-state index contributed by atoms with van der Waals surface area (Å²) in [6.45, 7) is 0.541. The van der Waals surface area contributed by atoms with Gasteiger partial charge in [-0.2, -0.15) is 4.98 Å². The van der Waals surface area contributed by atoms with Gasteiger partial charge in [-0.05, 0) is 25.5 Å². The Kier molecular flexibility index (Phi) is 9.24. The zero-order valence-electron chi connectivity index (χ0n) is 17.4. The summed E-state index contributed by atoms with van der Waals surface area (Å²) >= 11 is 0. The Bertz CT molecular complexity index is 903. The van der Waals surface area contributed by atoms with Crippen LogP contribution in [0.3, 0.4) is 0 Å². The molecule has 33 heavy (non-hydrogen) atoms. The topological polar surface area (TPSA) is 250 Å². The summed E-state index contributed by atoms with van der Waals surface area (Å²) in [4.78, 5) is 46.9. The van der Waals surface area contributed by atoms with Crippen molar-refractivity contribution in [2.75, 3.05) is 18.9 Å². The van der Waals surface area contributed by atoms with Gasteiger partial charge in [0.2, 0.25) is 0 Å². The molecule has 1 aromatic rings. The van der Waals surface area contributed by atoms with Crippen molar-refractivity contribution in [1.82, 2.24) is 14.9 Å². The monoisotopic (exact) mass is 473 g/mol. The highest BCUT2D eigenvalue weighted by molar-refractivity contribution is 5.80. The number of esters is 1. The predicted molar refractivity (Wildman–Crippen MR) is 109 cm³/mol. The first-order chi connectivity index (χ1) is 15.5. The maximum atomic E-state index is 11.9. The van der Waals surface area contributed by atoms with E-state index in [9.17, 15) is 29.4 Å². The van der Waals surface area contributed by atoms with E-state index in [-0.39, 0.29) is 18.5 Å². The Morgan fingerprint density at radius 2 is 2.00 bits per heavy atom. The van der Waals surface area contributed by atoms with Crippen LogP contribution in [0.15, 0.2) is 17.1 Å². The highest BCUT2D eigenvalue weighted by atomic mass is 16.6. The fraction of sp³-hybridized carbons (Fsp3) is 0.611. The lowest BCUT2D eigenvalue weighted by atomic mass is 10.1. The second-order valence-electron chi connectivity index (χ2n) is 7.41. The van der Waals surface area contributed by atoms with E-state index in [1.54, 1.807) is 0 Å². The molecule has 1 aromatic heterocycles. The van der Waals surface area contributed by atoms with Crippen molar-refractivity contribution in [2.45, 2.75) is 55.9 Å². The number of carbonyl (C=O) groups excluding carboxylic acids is 1. The number of hydrogen-bond acceptors (Lipinski definition) is 12. The van der Waals surface area contributed by atoms with Crippen LogP contribution < -0.4 is 22.5 Å². The van der Waals surface area contributed by atoms with Crippen LogP contribution in [0.25, 0.3) is 0 Å². The van der Waals surface area contributed by atoms with E-state index >= 15 is 0 Å². The summed E-state index contributed by atoms with van der Waals surface area (Å²) in [6, 6.07) is -0.265. The molecule has 6 atom stereocenters. The van der Waals surface area contributed by atoms with Gasteiger partial charge in [-0.25, -0.2) is 4.79 Å². The molecule has 3 heterocycles. The Balaban J connectivity index is 0.000000365. The molecule has 15 heteroatoms. The average molecular weight is 473 g/mol. The van der Waals surface area contributed by atoms with E-state index in [1.165, 1.54) is 12.3 Å². The Hall–Kier alpha value is -3.11. The fourth-order valence-electron chi connectivity index (χ4n) is 3.14. The number of hydrogen-bond donors (Lipinski definition) is 7. The molecule has 2 fully saturated rings. The van der Waals surface area contributed by atoms with Crippen LogP contribution in [-0.2, 0) is 23.9 Å². The molecule has 0 spiro atoms. The minimum absolute atomic E-state index is 0.0406. The van der Waals surface area contributed by atoms with E-state index < -0.39 is 60.6 Å². The third kappa shape index (κ3) is 7.19. The van der Waals surface area contributed by atoms with Crippen LogP contribution in [0.4, 0.5) is 5.82 Å². The van der Waals surface area contributed by atoms with Crippen LogP contribution in [0.2, 0.25) is 0 Å². The van der Waals surface area contributed by atoms with E-state index in [0.29, 0.717) is 6.42 Å². The molecular weight excluding hydrogens is 446 g/mol. The number of aromatic nitrogens is 2. The number of anilines is 1. The van der Waals surface area contributed by atoms with Crippen molar-refractivity contribution in [3.05, 3.63) is 22.7 Å². The maximum absolute atomic E-state index is 11.9. The van der Waals surface area contributed by atoms with Crippen LogP contribution in [-0.4, -0.2) is 91.4 Å². The number of carboxylic acid groups (broad SMARTS) is 2. The molecule has 0 bridgehead atoms. The largest absolute Gasteiger partial charge is 0.481 e. The quantitative estimate of drug-likeness (QED) is 0.191. The number of aliphatic hydroxyl groups is 2. The number of nitrogens with one attached hydrogen (secondary N) is 1. The standard InChI is InChI=1S/C14H20N4O6.C4H7NO4/c15-9-3-5-18(14(22)17-9)12-11(20)10(19)8(24-12)6-23-13(21)7-2-1-4-16-7;5-2(4(8)9)1-3(6)7/h3,5,7-8,10-12,16,19-20H,1-2,4,6H2,(H2,15,17,22);2H,1,5H2,(H,6,7)(H,8,9)/t7?,8-,10-,11+,12-;2-/m10/s1. The minimum Gasteiger partial charge on any atom is -0.481 e. The third-order valence-corrected chi connectivity index (χ3v) is 4.91. The first kappa shape index (κ1) is 26.1. The first-order valence-electron chi connectivity index (χ1n) is 9.97. The summed E-state index contributed by atoms with van der Waals surface area (Å²) in [5.41, 5.74) is 9.54. The number of aliphatic carboxylic acids is 2. The molecule has 0 saturated carbocycles. The van der Waals surface area contributed by atoms with Crippen molar-refractivity contribution in [2.24, 2.45) is 5.73 Å². The van der Waals surface area contributed by atoms with Gasteiger partial charge in [0, 0.05) is 6.20 Å². The van der Waals surface area contributed by atoms with Crippen LogP contribution in [0, 0.1) is 0 Å². The Morgan fingerprint density at radius 1 is 1.30 bits per heavy atom. The smallest absolute Gasteiger partial charge is 0.351 e. The summed E-state index contributed by atoms with van der Waals surface area (Å²) < 4.78 is 11.7. The van der Waals surface area contributed by atoms with Crippen molar-refractivity contribution in [3.8, 4) is 0 Å². The van der Waals surface area contributed by atoms with Crippen LogP contribution in [0.1, 0.15) is 25.5 Å². The molecule has 0 aromatic carbocycles. The molecule has 2 saturated heterocycles. The van der Waals surface area contributed by atoms with Crippen molar-refractivity contribution < 1.29 is 44.3 Å². The van der Waals surface area contributed by atoms with Gasteiger partial charge in [-0.1, -0.05) is 0 Å². The third-order valence-electron chi connectivity index (χ3n) is 4.91. The van der Waals surface area contributed by atoms with E-state index in [2.05, 4.69) is 10.3 Å². The number of rotatable bonds is 7. The number of ether oxygens (including phenoxy) is 2. The lowest BCUT2D eigenvalue weighted by Gasteiger charge is -2.17. The molecule has 1 unspecified atom stereocenters. The number of nitrogen functional groups attached to an aromatic ring is 1. The molecule has 15 nitrogen and oxygen atoms in total. The minimum atomic E-state index is -1.36. The van der Waals surface area contributed by atoms with Crippen molar-refractivity contribution in [3.63, 3.8) is 0 Å². The number of nitrogens with two attached hydrogens (primary N) is 2. The summed E-state index contributed by atoms with van der Waals surface area (Å²) in [7, 11) is 0. The van der Waals surface area contributed by atoms with E-state index in [4.69, 9.17) is 31.2 Å². The molecule has 2 aliphatic rings. The zero-order chi connectivity index (χ0) is 24.7. The lowest BCUT2D eigenvalue weighted by Crippen LogP contribution is -2.38. The normalized spacial score (nSPS) is 27.3. The second kappa shape index (κ2) is 11.7. The molecule has 0 aliphatic carbocycles. The molecule has 184 valence electrons. The molecule has 2 aliphatic heterocycles. The van der Waals surface area contributed by atoms with Crippen molar-refractivity contribution >= 4 is 23.7 Å². The first-order valence-corrected chi connectivity index (χ1v) is 9.97. The molecular formula is C18H27N5O10. The number of carbonyl (C=O) groups is 3. The van der Waals surface area contributed by atoms with Gasteiger partial charge in [0.1, 0.15) is 42.8 Å². The van der Waals surface area contributed by atoms with E-state index in [0.717, 1.165) is 17.5 Å². The van der Waals surface area contributed by atoms with Gasteiger partial charge in [-0.3, -0.25) is 19.0 Å². The Labute approximate surface area is 186 Å². The van der Waals surface area contributed by atoms with Gasteiger partial charge < -0.3 is 46.7 Å². The Morgan fingerprint density at radius 3 is 2.52 bits per heavy atom. The van der Waals surface area contributed by atoms with Gasteiger partial charge in [0.15, 0.2) is 6.23 Å². The molecule has 0 radical (unpaired) electrons. The second-order valence-corrected chi connectivity index (χ2v) is 7.41. The molecule has 3 rings (SSSR count). The van der Waals surface area contributed by atoms with Crippen LogP contribution >= 0.6 is 0 Å². The van der Waals surface area contributed by atoms with Crippen molar-refractivity contribution in [1.29, 1.82) is 0 Å². The van der Waals surface area contributed by atoms with Gasteiger partial charge in [0.05, 0.1) is 6.42 Å². The lowest BCUT2D eigenvalue weighted by molar-refractivity contribution is -0.152. The van der Waals surface area contributed by atoms with E-state index in [1.807, 2.05) is 0 Å². The van der Waals surface area contributed by atoms with Crippen LogP contribution in [0.5, 0.6) is 0 Å². The molecule has 9 N–H and O–H groups in total. The summed E-state index contributed by atoms with van der Waals surface area (Å²) in [5.74, 6) is -2.88. The highest BCUT2D eigenvalue weighted by Crippen LogP contribution is 2.28. The van der Waals surface area contributed by atoms with Gasteiger partial charge in [-0.15, -0.1) is 0 Å². The maximum Gasteiger partial charge on any atom is 0.351 e. The number of carboxylic acids is 2.